The molecule has 24 heavy (non-hydrogen) atoms. The number of sulfonamides is 1. The van der Waals surface area contributed by atoms with E-state index in [2.05, 4.69) is 4.72 Å². The summed E-state index contributed by atoms with van der Waals surface area (Å²) in [6.07, 6.45) is 4.27. The summed E-state index contributed by atoms with van der Waals surface area (Å²) >= 11 is 0. The summed E-state index contributed by atoms with van der Waals surface area (Å²) in [6, 6.07) is 4.50. The van der Waals surface area contributed by atoms with Gasteiger partial charge in [-0.05, 0) is 37.0 Å². The van der Waals surface area contributed by atoms with Gasteiger partial charge in [0.25, 0.3) is 0 Å². The number of nitrogens with two attached hydrogens (primary N) is 1. The van der Waals surface area contributed by atoms with E-state index in [1.807, 2.05) is 0 Å². The Morgan fingerprint density at radius 1 is 1.21 bits per heavy atom. The maximum absolute atomic E-state index is 12.7. The van der Waals surface area contributed by atoms with Gasteiger partial charge in [-0.25, -0.2) is 17.9 Å². The molecule has 0 bridgehead atoms. The number of rotatable bonds is 5. The SMILES string of the molecule is Cn1c(=O)n(C)c2cc(S(=O)(=O)NC(CN)C3CCCC3)ccc21. The van der Waals surface area contributed by atoms with Crippen LogP contribution >= 0.6 is 0 Å². The molecular weight excluding hydrogens is 328 g/mol. The van der Waals surface area contributed by atoms with Crippen LogP contribution in [-0.4, -0.2) is 30.1 Å². The van der Waals surface area contributed by atoms with E-state index in [-0.39, 0.29) is 23.2 Å². The van der Waals surface area contributed by atoms with Crippen molar-refractivity contribution in [1.82, 2.24) is 13.9 Å². The van der Waals surface area contributed by atoms with Gasteiger partial charge in [0.15, 0.2) is 0 Å². The van der Waals surface area contributed by atoms with Crippen LogP contribution in [0.1, 0.15) is 25.7 Å². The van der Waals surface area contributed by atoms with E-state index in [0.29, 0.717) is 17.0 Å². The Balaban J connectivity index is 1.95. The van der Waals surface area contributed by atoms with Crippen LogP contribution in [0, 0.1) is 5.92 Å². The van der Waals surface area contributed by atoms with Gasteiger partial charge in [0.05, 0.1) is 15.9 Å². The molecule has 0 aliphatic heterocycles. The second-order valence-corrected chi connectivity index (χ2v) is 8.27. The van der Waals surface area contributed by atoms with Crippen LogP contribution in [0.4, 0.5) is 0 Å². The summed E-state index contributed by atoms with van der Waals surface area (Å²) in [4.78, 5) is 12.2. The van der Waals surface area contributed by atoms with Crippen molar-refractivity contribution < 1.29 is 8.42 Å². The highest BCUT2D eigenvalue weighted by molar-refractivity contribution is 7.89. The largest absolute Gasteiger partial charge is 0.329 e. The lowest BCUT2D eigenvalue weighted by Gasteiger charge is -2.23. The molecule has 2 aromatic rings. The monoisotopic (exact) mass is 352 g/mol. The molecule has 8 heteroatoms. The predicted octanol–water partition coefficient (Wildman–Crippen LogP) is 0.673. The summed E-state index contributed by atoms with van der Waals surface area (Å²) in [7, 11) is -0.373. The Kier molecular flexibility index (Phi) is 4.54. The molecule has 3 rings (SSSR count). The summed E-state index contributed by atoms with van der Waals surface area (Å²) in [5.41, 5.74) is 6.91. The van der Waals surface area contributed by atoms with Gasteiger partial charge in [0, 0.05) is 26.7 Å². The lowest BCUT2D eigenvalue weighted by atomic mass is 9.99. The van der Waals surface area contributed by atoms with Crippen molar-refractivity contribution in [3.05, 3.63) is 28.7 Å². The molecule has 1 aliphatic rings. The van der Waals surface area contributed by atoms with Gasteiger partial charge >= 0.3 is 5.69 Å². The molecule has 0 saturated heterocycles. The van der Waals surface area contributed by atoms with E-state index in [1.165, 1.54) is 15.2 Å². The maximum Gasteiger partial charge on any atom is 0.328 e. The fourth-order valence-corrected chi connectivity index (χ4v) is 4.95. The third kappa shape index (κ3) is 2.89. The molecule has 1 aliphatic carbocycles. The van der Waals surface area contributed by atoms with E-state index in [1.54, 1.807) is 26.2 Å². The number of fused-ring (bicyclic) bond motifs is 1. The summed E-state index contributed by atoms with van der Waals surface area (Å²) in [5.74, 6) is 0.301. The summed E-state index contributed by atoms with van der Waals surface area (Å²) < 4.78 is 31.2. The van der Waals surface area contributed by atoms with Crippen LogP contribution < -0.4 is 16.1 Å². The smallest absolute Gasteiger partial charge is 0.328 e. The van der Waals surface area contributed by atoms with Crippen molar-refractivity contribution in [2.24, 2.45) is 25.7 Å². The molecule has 1 saturated carbocycles. The van der Waals surface area contributed by atoms with Crippen LogP contribution in [-0.2, 0) is 24.1 Å². The zero-order valence-electron chi connectivity index (χ0n) is 14.0. The molecule has 7 nitrogen and oxygen atoms in total. The van der Waals surface area contributed by atoms with Crippen molar-refractivity contribution >= 4 is 21.1 Å². The molecule has 1 aromatic carbocycles. The summed E-state index contributed by atoms with van der Waals surface area (Å²) in [5, 5.41) is 0. The first kappa shape index (κ1) is 17.2. The van der Waals surface area contributed by atoms with E-state index >= 15 is 0 Å². The van der Waals surface area contributed by atoms with Crippen molar-refractivity contribution in [2.75, 3.05) is 6.54 Å². The van der Waals surface area contributed by atoms with Crippen molar-refractivity contribution in [1.29, 1.82) is 0 Å². The minimum absolute atomic E-state index is 0.160. The van der Waals surface area contributed by atoms with Gasteiger partial charge in [-0.3, -0.25) is 9.13 Å². The third-order valence-corrected chi connectivity index (χ3v) is 6.57. The Labute approximate surface area is 141 Å². The fourth-order valence-electron chi connectivity index (χ4n) is 3.62. The van der Waals surface area contributed by atoms with Gasteiger partial charge in [-0.15, -0.1) is 0 Å². The van der Waals surface area contributed by atoms with Crippen LogP contribution in [0.25, 0.3) is 11.0 Å². The fraction of sp³-hybridized carbons (Fsp3) is 0.562. The van der Waals surface area contributed by atoms with Crippen LogP contribution in [0.5, 0.6) is 0 Å². The molecular formula is C16H24N4O3S. The highest BCUT2D eigenvalue weighted by Gasteiger charge is 2.28. The normalized spacial score (nSPS) is 17.6. The van der Waals surface area contributed by atoms with Crippen LogP contribution in [0.2, 0.25) is 0 Å². The Bertz CT molecular complexity index is 907. The second-order valence-electron chi connectivity index (χ2n) is 6.56. The number of hydrogen-bond donors (Lipinski definition) is 2. The Hall–Kier alpha value is -1.64. The molecule has 0 spiro atoms. The molecule has 0 radical (unpaired) electrons. The lowest BCUT2D eigenvalue weighted by molar-refractivity contribution is 0.405. The topological polar surface area (TPSA) is 99.1 Å². The van der Waals surface area contributed by atoms with E-state index in [9.17, 15) is 13.2 Å². The number of hydrogen-bond acceptors (Lipinski definition) is 4. The van der Waals surface area contributed by atoms with Crippen LogP contribution in [0.3, 0.4) is 0 Å². The molecule has 3 N–H and O–H groups in total. The van der Waals surface area contributed by atoms with E-state index in [4.69, 9.17) is 5.73 Å². The zero-order valence-corrected chi connectivity index (χ0v) is 14.8. The van der Waals surface area contributed by atoms with E-state index in [0.717, 1.165) is 25.7 Å². The molecule has 1 unspecified atom stereocenters. The van der Waals surface area contributed by atoms with Gasteiger partial charge in [-0.1, -0.05) is 12.8 Å². The van der Waals surface area contributed by atoms with Gasteiger partial charge in [0.2, 0.25) is 10.0 Å². The highest BCUT2D eigenvalue weighted by atomic mass is 32.2. The van der Waals surface area contributed by atoms with Gasteiger partial charge < -0.3 is 5.73 Å². The first-order chi connectivity index (χ1) is 11.3. The van der Waals surface area contributed by atoms with E-state index < -0.39 is 10.0 Å². The van der Waals surface area contributed by atoms with Crippen molar-refractivity contribution in [3.8, 4) is 0 Å². The Morgan fingerprint density at radius 3 is 2.46 bits per heavy atom. The standard InChI is InChI=1S/C16H24N4O3S/c1-19-14-8-7-12(9-15(14)20(2)16(19)21)24(22,23)18-13(10-17)11-5-3-4-6-11/h7-9,11,13,18H,3-6,10,17H2,1-2H3. The molecule has 1 heterocycles. The minimum atomic E-state index is -3.68. The molecule has 1 aromatic heterocycles. The molecule has 1 fully saturated rings. The number of benzene rings is 1. The average Bonchev–Trinajstić information content (AvgIpc) is 3.17. The van der Waals surface area contributed by atoms with Crippen LogP contribution in [0.15, 0.2) is 27.9 Å². The van der Waals surface area contributed by atoms with Crippen molar-refractivity contribution in [2.45, 2.75) is 36.6 Å². The highest BCUT2D eigenvalue weighted by Crippen LogP contribution is 2.28. The number of aryl methyl sites for hydroxylation is 2. The Morgan fingerprint density at radius 2 is 1.83 bits per heavy atom. The third-order valence-electron chi connectivity index (χ3n) is 5.08. The first-order valence-corrected chi connectivity index (χ1v) is 9.71. The molecule has 0 amide bonds. The average molecular weight is 352 g/mol. The molecule has 132 valence electrons. The predicted molar refractivity (Wildman–Crippen MR) is 93.3 cm³/mol. The number of imidazole rings is 1. The number of nitrogens with zero attached hydrogens (tertiary/aromatic N) is 2. The van der Waals surface area contributed by atoms with Gasteiger partial charge in [-0.2, -0.15) is 0 Å². The quantitative estimate of drug-likeness (QED) is 0.826. The molecule has 1 atom stereocenters. The zero-order chi connectivity index (χ0) is 17.5. The number of aromatic nitrogens is 2. The van der Waals surface area contributed by atoms with Gasteiger partial charge in [0.1, 0.15) is 0 Å². The second kappa shape index (κ2) is 6.34. The summed E-state index contributed by atoms with van der Waals surface area (Å²) in [6.45, 7) is 0.288. The first-order valence-electron chi connectivity index (χ1n) is 8.23. The van der Waals surface area contributed by atoms with Crippen molar-refractivity contribution in [3.63, 3.8) is 0 Å². The minimum Gasteiger partial charge on any atom is -0.329 e. The lowest BCUT2D eigenvalue weighted by Crippen LogP contribution is -2.44. The maximum atomic E-state index is 12.7. The number of nitrogens with one attached hydrogen (secondary N) is 1.